The average molecular weight is 281 g/mol. The molecule has 0 radical (unpaired) electrons. The van der Waals surface area contributed by atoms with Gasteiger partial charge in [0.05, 0.1) is 24.9 Å². The summed E-state index contributed by atoms with van der Waals surface area (Å²) < 4.78 is 7.55. The highest BCUT2D eigenvalue weighted by Crippen LogP contribution is 2.31. The van der Waals surface area contributed by atoms with E-state index in [1.165, 1.54) is 11.1 Å². The van der Waals surface area contributed by atoms with Crippen molar-refractivity contribution < 1.29 is 4.74 Å². The molecule has 108 valence electrons. The number of hydrogen-bond donors (Lipinski definition) is 0. The van der Waals surface area contributed by atoms with Crippen LogP contribution in [0, 0.1) is 0 Å². The monoisotopic (exact) mass is 281 g/mol. The summed E-state index contributed by atoms with van der Waals surface area (Å²) in [6.07, 6.45) is 7.19. The lowest BCUT2D eigenvalue weighted by Gasteiger charge is -2.42. The predicted octanol–water partition coefficient (Wildman–Crippen LogP) is 2.36. The number of hydrogen-bond acceptors (Lipinski definition) is 3. The van der Waals surface area contributed by atoms with Crippen molar-refractivity contribution >= 4 is 5.57 Å². The summed E-state index contributed by atoms with van der Waals surface area (Å²) in [6, 6.07) is 11.5. The SMILES string of the molecule is CN1C2C=C(c3ccc(-n4cccn4)cc3)CC1COC2. The van der Waals surface area contributed by atoms with E-state index in [0.717, 1.165) is 25.3 Å². The maximum atomic E-state index is 5.66. The van der Waals surface area contributed by atoms with Gasteiger partial charge in [0.15, 0.2) is 0 Å². The largest absolute Gasteiger partial charge is 0.378 e. The van der Waals surface area contributed by atoms with Gasteiger partial charge in [-0.3, -0.25) is 4.90 Å². The van der Waals surface area contributed by atoms with Crippen molar-refractivity contribution in [1.82, 2.24) is 14.7 Å². The fourth-order valence-corrected chi connectivity index (χ4v) is 3.22. The van der Waals surface area contributed by atoms with Gasteiger partial charge in [-0.15, -0.1) is 0 Å². The Kier molecular flexibility index (Phi) is 3.13. The molecule has 4 rings (SSSR count). The highest BCUT2D eigenvalue weighted by Gasteiger charge is 2.32. The molecule has 3 heterocycles. The minimum atomic E-state index is 0.415. The van der Waals surface area contributed by atoms with Gasteiger partial charge in [0, 0.05) is 18.4 Å². The van der Waals surface area contributed by atoms with Crippen LogP contribution in [0.5, 0.6) is 0 Å². The zero-order chi connectivity index (χ0) is 14.2. The standard InChI is InChI=1S/C17H19N3O/c1-19-16-9-14(10-17(19)12-21-11-16)13-3-5-15(6-4-13)20-8-2-7-18-20/h2-9,16-17H,10-12H2,1H3. The normalized spacial score (nSPS) is 25.7. The highest BCUT2D eigenvalue weighted by atomic mass is 16.5. The maximum absolute atomic E-state index is 5.66. The Morgan fingerprint density at radius 1 is 1.19 bits per heavy atom. The number of aromatic nitrogens is 2. The summed E-state index contributed by atoms with van der Waals surface area (Å²) in [5.41, 5.74) is 3.86. The molecule has 1 aromatic carbocycles. The first-order valence-electron chi connectivity index (χ1n) is 7.42. The average Bonchev–Trinajstić information content (AvgIpc) is 3.01. The Morgan fingerprint density at radius 3 is 2.76 bits per heavy atom. The third-order valence-corrected chi connectivity index (χ3v) is 4.55. The van der Waals surface area contributed by atoms with Crippen molar-refractivity contribution in [2.45, 2.75) is 18.5 Å². The van der Waals surface area contributed by atoms with Gasteiger partial charge >= 0.3 is 0 Å². The van der Waals surface area contributed by atoms with E-state index in [1.807, 2.05) is 16.9 Å². The third-order valence-electron chi connectivity index (χ3n) is 4.55. The van der Waals surface area contributed by atoms with Crippen molar-refractivity contribution in [3.05, 3.63) is 54.4 Å². The molecule has 1 saturated heterocycles. The first-order chi connectivity index (χ1) is 10.3. The number of morpholine rings is 1. The number of nitrogens with zero attached hydrogens (tertiary/aromatic N) is 3. The number of benzene rings is 1. The number of likely N-dealkylation sites (N-methyl/N-ethyl adjacent to an activating group) is 1. The van der Waals surface area contributed by atoms with Crippen LogP contribution in [0.2, 0.25) is 0 Å². The summed E-state index contributed by atoms with van der Waals surface area (Å²) in [7, 11) is 2.20. The van der Waals surface area contributed by atoms with Crippen molar-refractivity contribution in [3.8, 4) is 5.69 Å². The van der Waals surface area contributed by atoms with Crippen LogP contribution >= 0.6 is 0 Å². The Hall–Kier alpha value is -1.91. The molecule has 2 bridgehead atoms. The molecule has 2 atom stereocenters. The van der Waals surface area contributed by atoms with Gasteiger partial charge in [0.1, 0.15) is 0 Å². The molecule has 0 aliphatic carbocycles. The summed E-state index contributed by atoms with van der Waals surface area (Å²) in [4.78, 5) is 2.44. The third kappa shape index (κ3) is 2.30. The summed E-state index contributed by atoms with van der Waals surface area (Å²) in [6.45, 7) is 1.65. The van der Waals surface area contributed by atoms with Crippen LogP contribution < -0.4 is 0 Å². The minimum absolute atomic E-state index is 0.415. The van der Waals surface area contributed by atoms with Crippen molar-refractivity contribution in [2.75, 3.05) is 20.3 Å². The van der Waals surface area contributed by atoms with E-state index >= 15 is 0 Å². The number of rotatable bonds is 2. The smallest absolute Gasteiger partial charge is 0.0658 e. The van der Waals surface area contributed by atoms with Crippen LogP contribution in [0.15, 0.2) is 48.8 Å². The molecule has 21 heavy (non-hydrogen) atoms. The molecule has 2 unspecified atom stereocenters. The summed E-state index contributed by atoms with van der Waals surface area (Å²) in [5, 5.41) is 4.26. The molecule has 2 aromatic rings. The minimum Gasteiger partial charge on any atom is -0.378 e. The van der Waals surface area contributed by atoms with Crippen LogP contribution in [0.3, 0.4) is 0 Å². The van der Waals surface area contributed by atoms with Gasteiger partial charge in [-0.25, -0.2) is 4.68 Å². The molecule has 4 heteroatoms. The molecular weight excluding hydrogens is 262 g/mol. The fourth-order valence-electron chi connectivity index (χ4n) is 3.22. The van der Waals surface area contributed by atoms with Crippen LogP contribution in [-0.2, 0) is 4.74 Å². The van der Waals surface area contributed by atoms with E-state index in [1.54, 1.807) is 6.20 Å². The van der Waals surface area contributed by atoms with Gasteiger partial charge in [-0.1, -0.05) is 18.2 Å². The van der Waals surface area contributed by atoms with Crippen molar-refractivity contribution in [2.24, 2.45) is 0 Å². The first kappa shape index (κ1) is 12.8. The molecule has 1 aromatic heterocycles. The topological polar surface area (TPSA) is 30.3 Å². The second-order valence-electron chi connectivity index (χ2n) is 5.82. The van der Waals surface area contributed by atoms with E-state index < -0.39 is 0 Å². The van der Waals surface area contributed by atoms with Gasteiger partial charge in [0.25, 0.3) is 0 Å². The zero-order valence-corrected chi connectivity index (χ0v) is 12.1. The van der Waals surface area contributed by atoms with Crippen LogP contribution in [0.25, 0.3) is 11.3 Å². The Balaban J connectivity index is 1.62. The fraction of sp³-hybridized carbons (Fsp3) is 0.353. The highest BCUT2D eigenvalue weighted by molar-refractivity contribution is 5.68. The lowest BCUT2D eigenvalue weighted by molar-refractivity contribution is -0.0221. The van der Waals surface area contributed by atoms with Crippen LogP contribution in [0.1, 0.15) is 12.0 Å². The van der Waals surface area contributed by atoms with Crippen molar-refractivity contribution in [1.29, 1.82) is 0 Å². The second kappa shape index (κ2) is 5.13. The first-order valence-corrected chi connectivity index (χ1v) is 7.42. The molecule has 0 saturated carbocycles. The molecule has 2 aliphatic heterocycles. The molecule has 0 N–H and O–H groups in total. The predicted molar refractivity (Wildman–Crippen MR) is 82.3 cm³/mol. The molecule has 2 aliphatic rings. The van der Waals surface area contributed by atoms with Gasteiger partial charge in [-0.05, 0) is 42.8 Å². The van der Waals surface area contributed by atoms with Gasteiger partial charge < -0.3 is 4.74 Å². The van der Waals surface area contributed by atoms with Gasteiger partial charge in [0.2, 0.25) is 0 Å². The van der Waals surface area contributed by atoms with Crippen LogP contribution in [0.4, 0.5) is 0 Å². The Morgan fingerprint density at radius 2 is 2.05 bits per heavy atom. The Bertz CT molecular complexity index is 645. The number of ether oxygens (including phenoxy) is 1. The summed E-state index contributed by atoms with van der Waals surface area (Å²) in [5.74, 6) is 0. The molecule has 4 nitrogen and oxygen atoms in total. The van der Waals surface area contributed by atoms with E-state index in [9.17, 15) is 0 Å². The quantitative estimate of drug-likeness (QED) is 0.846. The lowest BCUT2D eigenvalue weighted by Crippen LogP contribution is -2.51. The second-order valence-corrected chi connectivity index (χ2v) is 5.82. The van der Waals surface area contributed by atoms with Crippen molar-refractivity contribution in [3.63, 3.8) is 0 Å². The van der Waals surface area contributed by atoms with E-state index in [2.05, 4.69) is 47.4 Å². The van der Waals surface area contributed by atoms with E-state index in [0.29, 0.717) is 12.1 Å². The Labute approximate surface area is 124 Å². The summed E-state index contributed by atoms with van der Waals surface area (Å²) >= 11 is 0. The van der Waals surface area contributed by atoms with Gasteiger partial charge in [-0.2, -0.15) is 5.10 Å². The molecule has 0 amide bonds. The molecule has 0 spiro atoms. The van der Waals surface area contributed by atoms with Crippen LogP contribution in [-0.4, -0.2) is 47.0 Å². The maximum Gasteiger partial charge on any atom is 0.0658 e. The molecule has 1 fully saturated rings. The van der Waals surface area contributed by atoms with E-state index in [4.69, 9.17) is 4.74 Å². The lowest BCUT2D eigenvalue weighted by atomic mass is 9.90. The van der Waals surface area contributed by atoms with E-state index in [-0.39, 0.29) is 0 Å². The zero-order valence-electron chi connectivity index (χ0n) is 12.1. The molecular formula is C17H19N3O. The number of fused-ring (bicyclic) bond motifs is 2.